The molecule has 11 nitrogen and oxygen atoms in total. The van der Waals surface area contributed by atoms with Gasteiger partial charge in [0.2, 0.25) is 17.7 Å². The topological polar surface area (TPSA) is 139 Å². The fourth-order valence-corrected chi connectivity index (χ4v) is 9.09. The number of fused-ring (bicyclic) bond motifs is 2. The average molecular weight is 593 g/mol. The lowest BCUT2D eigenvalue weighted by atomic mass is 9.70. The van der Waals surface area contributed by atoms with Gasteiger partial charge in [0.25, 0.3) is 0 Å². The molecule has 12 heteroatoms. The Kier molecular flexibility index (Phi) is 8.09. The van der Waals surface area contributed by atoms with E-state index in [1.165, 1.54) is 0 Å². The maximum absolute atomic E-state index is 14.1. The number of nitrogens with zero attached hydrogens (tertiary/aromatic N) is 4. The molecule has 1 aromatic heterocycles. The number of aromatic nitrogens is 3. The van der Waals surface area contributed by atoms with Crippen LogP contribution in [0.4, 0.5) is 5.69 Å². The SMILES string of the molecule is CCOc1ccc(NC(=O)[C@@H]2[C@H]3C(=O)N(CCCCCO)C(C(=O)NCn4nnc5ccccc54)C34CC[C@H]2S4)cc1. The maximum Gasteiger partial charge on any atom is 0.245 e. The van der Waals surface area contributed by atoms with Gasteiger partial charge in [-0.25, -0.2) is 4.68 Å². The Bertz CT molecular complexity index is 1460. The number of aliphatic hydroxyl groups excluding tert-OH is 1. The monoisotopic (exact) mass is 592 g/mol. The van der Waals surface area contributed by atoms with E-state index in [4.69, 9.17) is 4.74 Å². The second-order valence-electron chi connectivity index (χ2n) is 11.1. The highest BCUT2D eigenvalue weighted by Gasteiger charge is 2.73. The normalized spacial score (nSPS) is 26.0. The first-order valence-electron chi connectivity index (χ1n) is 14.7. The highest BCUT2D eigenvalue weighted by Crippen LogP contribution is 2.66. The van der Waals surface area contributed by atoms with Crippen LogP contribution in [0.25, 0.3) is 11.0 Å². The number of aliphatic hydroxyl groups is 1. The first kappa shape index (κ1) is 28.5. The molecule has 3 fully saturated rings. The number of para-hydroxylation sites is 1. The van der Waals surface area contributed by atoms with Crippen LogP contribution in [0.2, 0.25) is 0 Å². The number of unbranched alkanes of at least 4 members (excludes halogenated alkanes) is 2. The zero-order chi connectivity index (χ0) is 29.3. The van der Waals surface area contributed by atoms with Gasteiger partial charge in [-0.2, -0.15) is 0 Å². The van der Waals surface area contributed by atoms with E-state index in [2.05, 4.69) is 20.9 Å². The van der Waals surface area contributed by atoms with Gasteiger partial charge in [-0.15, -0.1) is 16.9 Å². The van der Waals surface area contributed by atoms with E-state index >= 15 is 0 Å². The molecule has 3 aromatic rings. The molecule has 0 saturated carbocycles. The summed E-state index contributed by atoms with van der Waals surface area (Å²) in [5.41, 5.74) is 2.18. The fourth-order valence-electron chi connectivity index (χ4n) is 6.88. The van der Waals surface area contributed by atoms with E-state index in [1.54, 1.807) is 33.5 Å². The Morgan fingerprint density at radius 2 is 1.93 bits per heavy atom. The van der Waals surface area contributed by atoms with Crippen molar-refractivity contribution in [1.29, 1.82) is 0 Å². The third kappa shape index (κ3) is 5.00. The summed E-state index contributed by atoms with van der Waals surface area (Å²) in [6, 6.07) is 14.0. The first-order valence-corrected chi connectivity index (χ1v) is 15.5. The molecule has 6 rings (SSSR count). The lowest BCUT2D eigenvalue weighted by Gasteiger charge is -2.34. The molecular weight excluding hydrogens is 556 g/mol. The van der Waals surface area contributed by atoms with Gasteiger partial charge in [0.05, 0.1) is 28.7 Å². The minimum Gasteiger partial charge on any atom is -0.494 e. The van der Waals surface area contributed by atoms with Crippen molar-refractivity contribution in [2.45, 2.75) is 61.7 Å². The van der Waals surface area contributed by atoms with Crippen molar-refractivity contribution in [2.24, 2.45) is 11.8 Å². The minimum absolute atomic E-state index is 0.0345. The van der Waals surface area contributed by atoms with Crippen molar-refractivity contribution >= 4 is 46.2 Å². The summed E-state index contributed by atoms with van der Waals surface area (Å²) < 4.78 is 6.47. The maximum atomic E-state index is 14.1. The Balaban J connectivity index is 1.23. The van der Waals surface area contributed by atoms with Gasteiger partial charge in [-0.1, -0.05) is 17.3 Å². The number of likely N-dealkylation sites (tertiary alicyclic amines) is 1. The van der Waals surface area contributed by atoms with Crippen molar-refractivity contribution in [3.63, 3.8) is 0 Å². The summed E-state index contributed by atoms with van der Waals surface area (Å²) in [4.78, 5) is 43.5. The molecule has 2 bridgehead atoms. The van der Waals surface area contributed by atoms with Crippen molar-refractivity contribution in [2.75, 3.05) is 25.1 Å². The highest BCUT2D eigenvalue weighted by atomic mass is 32.2. The predicted molar refractivity (Wildman–Crippen MR) is 159 cm³/mol. The number of ether oxygens (including phenoxy) is 1. The molecule has 0 aliphatic carbocycles. The van der Waals surface area contributed by atoms with Crippen LogP contribution in [0.5, 0.6) is 5.75 Å². The molecule has 42 heavy (non-hydrogen) atoms. The number of rotatable bonds is 12. The van der Waals surface area contributed by atoms with Gasteiger partial charge >= 0.3 is 0 Å². The lowest BCUT2D eigenvalue weighted by molar-refractivity contribution is -0.139. The van der Waals surface area contributed by atoms with Crippen LogP contribution in [0, 0.1) is 11.8 Å². The second kappa shape index (κ2) is 11.9. The number of amides is 3. The van der Waals surface area contributed by atoms with E-state index in [1.807, 2.05) is 43.3 Å². The number of anilines is 1. The van der Waals surface area contributed by atoms with E-state index in [9.17, 15) is 19.5 Å². The summed E-state index contributed by atoms with van der Waals surface area (Å²) in [5, 5.41) is 23.6. The van der Waals surface area contributed by atoms with Crippen molar-refractivity contribution in [3.8, 4) is 5.75 Å². The molecule has 5 atom stereocenters. The molecule has 2 unspecified atom stereocenters. The summed E-state index contributed by atoms with van der Waals surface area (Å²) in [6.07, 6.45) is 3.52. The predicted octanol–water partition coefficient (Wildman–Crippen LogP) is 2.80. The molecule has 4 heterocycles. The standard InChI is InChI=1S/C30H36N6O5S/c1-2-41-20-12-10-19(11-13-20)32-27(38)24-23-14-15-30(42-23)25(24)29(40)35(16-6-3-7-17-37)26(30)28(39)31-18-36-22-9-5-4-8-21(22)33-34-36/h4-5,8-13,23-26,37H,2-3,6-7,14-18H2,1H3,(H,31,39)(H,32,38)/t23-,24+,25+,26?,30?/m1/s1. The van der Waals surface area contributed by atoms with Crippen LogP contribution in [-0.4, -0.2) is 78.5 Å². The number of thioether (sulfide) groups is 1. The smallest absolute Gasteiger partial charge is 0.245 e. The molecule has 0 radical (unpaired) electrons. The molecular formula is C30H36N6O5S. The van der Waals surface area contributed by atoms with Gasteiger partial charge in [0, 0.05) is 24.1 Å². The van der Waals surface area contributed by atoms with Gasteiger partial charge in [0.1, 0.15) is 24.0 Å². The molecule has 3 amide bonds. The molecule has 3 aliphatic rings. The Morgan fingerprint density at radius 1 is 1.12 bits per heavy atom. The van der Waals surface area contributed by atoms with E-state index < -0.39 is 22.6 Å². The van der Waals surface area contributed by atoms with E-state index in [-0.39, 0.29) is 36.2 Å². The molecule has 3 N–H and O–H groups in total. The van der Waals surface area contributed by atoms with Crippen molar-refractivity contribution in [3.05, 3.63) is 48.5 Å². The molecule has 3 saturated heterocycles. The molecule has 2 aromatic carbocycles. The Hall–Kier alpha value is -3.64. The quantitative estimate of drug-likeness (QED) is 0.273. The van der Waals surface area contributed by atoms with Gasteiger partial charge in [0.15, 0.2) is 0 Å². The second-order valence-corrected chi connectivity index (χ2v) is 12.7. The van der Waals surface area contributed by atoms with Crippen molar-refractivity contribution in [1.82, 2.24) is 25.2 Å². The zero-order valence-corrected chi connectivity index (χ0v) is 24.4. The zero-order valence-electron chi connectivity index (χ0n) is 23.6. The Morgan fingerprint density at radius 3 is 2.71 bits per heavy atom. The van der Waals surface area contributed by atoms with Crippen molar-refractivity contribution < 1.29 is 24.2 Å². The molecule has 1 spiro atoms. The highest BCUT2D eigenvalue weighted by molar-refractivity contribution is 8.02. The number of hydrogen-bond acceptors (Lipinski definition) is 8. The summed E-state index contributed by atoms with van der Waals surface area (Å²) in [5.74, 6) is -0.947. The van der Waals surface area contributed by atoms with Gasteiger partial charge in [-0.05, 0) is 75.4 Å². The van der Waals surface area contributed by atoms with Crippen LogP contribution >= 0.6 is 11.8 Å². The summed E-state index contributed by atoms with van der Waals surface area (Å²) >= 11 is 1.64. The third-order valence-corrected chi connectivity index (χ3v) is 10.6. The lowest BCUT2D eigenvalue weighted by Crippen LogP contribution is -2.53. The first-order chi connectivity index (χ1) is 20.5. The van der Waals surface area contributed by atoms with Gasteiger partial charge in [-0.3, -0.25) is 14.4 Å². The number of carbonyl (C=O) groups is 3. The fraction of sp³-hybridized carbons (Fsp3) is 0.500. The minimum atomic E-state index is -0.697. The van der Waals surface area contributed by atoms with Crippen LogP contribution in [0.1, 0.15) is 39.0 Å². The summed E-state index contributed by atoms with van der Waals surface area (Å²) in [6.45, 7) is 3.08. The average Bonchev–Trinajstić information content (AvgIpc) is 3.75. The van der Waals surface area contributed by atoms with Crippen LogP contribution in [0.3, 0.4) is 0 Å². The molecule has 3 aliphatic heterocycles. The number of benzene rings is 2. The third-order valence-electron chi connectivity index (χ3n) is 8.66. The van der Waals surface area contributed by atoms with Crippen LogP contribution in [-0.2, 0) is 21.1 Å². The van der Waals surface area contributed by atoms with E-state index in [0.717, 1.165) is 29.6 Å². The Labute approximate surface area is 248 Å². The van der Waals surface area contributed by atoms with E-state index in [0.29, 0.717) is 38.1 Å². The van der Waals surface area contributed by atoms with Gasteiger partial charge < -0.3 is 25.4 Å². The van der Waals surface area contributed by atoms with Crippen LogP contribution in [0.15, 0.2) is 48.5 Å². The largest absolute Gasteiger partial charge is 0.494 e. The summed E-state index contributed by atoms with van der Waals surface area (Å²) in [7, 11) is 0. The number of carbonyl (C=O) groups excluding carboxylic acids is 3. The molecule has 222 valence electrons. The number of nitrogens with one attached hydrogen (secondary N) is 2. The van der Waals surface area contributed by atoms with Crippen LogP contribution < -0.4 is 15.4 Å². The number of hydrogen-bond donors (Lipinski definition) is 3.